The molecule has 0 fully saturated rings. The first-order valence-corrected chi connectivity index (χ1v) is 6.94. The van der Waals surface area contributed by atoms with Gasteiger partial charge in [-0.25, -0.2) is 0 Å². The highest BCUT2D eigenvalue weighted by molar-refractivity contribution is 7.86. The normalized spacial score (nSPS) is 17.1. The number of carbonyl (C=O) groups excluding carboxylic acids is 1. The second-order valence-electron chi connectivity index (χ2n) is 3.59. The molecule has 1 aliphatic rings. The Morgan fingerprint density at radius 3 is 2.41 bits per heavy atom. The van der Waals surface area contributed by atoms with E-state index in [0.717, 1.165) is 11.4 Å². The first kappa shape index (κ1) is 13.9. The summed E-state index contributed by atoms with van der Waals surface area (Å²) in [5.74, 6) is 0.741. The minimum Gasteiger partial charge on any atom is -0.263 e. The molecule has 0 spiro atoms. The van der Waals surface area contributed by atoms with Gasteiger partial charge in [0.1, 0.15) is 0 Å². The Morgan fingerprint density at radius 1 is 1.35 bits per heavy atom. The van der Waals surface area contributed by atoms with Crippen LogP contribution >= 0.6 is 0 Å². The molecule has 0 heterocycles. The van der Waals surface area contributed by atoms with Crippen LogP contribution in [0, 0.1) is 0 Å². The molecule has 0 aromatic rings. The van der Waals surface area contributed by atoms with E-state index in [4.69, 9.17) is 8.61 Å². The molecule has 0 aromatic heterocycles. The molecule has 0 aromatic carbocycles. The zero-order valence-electron chi connectivity index (χ0n) is 10.2. The minimum absolute atomic E-state index is 0.0200. The fraction of sp³-hybridized carbons (Fsp3) is 0.417. The van der Waals surface area contributed by atoms with Crippen molar-refractivity contribution in [3.8, 4) is 0 Å². The lowest BCUT2D eigenvalue weighted by atomic mass is 10.1. The van der Waals surface area contributed by atoms with E-state index >= 15 is 0 Å². The van der Waals surface area contributed by atoms with Crippen LogP contribution < -0.4 is 0 Å². The number of rotatable bonds is 4. The molecule has 0 aliphatic heterocycles. The molecular formula is C12H17O4S+. The molecule has 94 valence electrons. The third kappa shape index (κ3) is 4.66. The van der Waals surface area contributed by atoms with Gasteiger partial charge in [-0.3, -0.25) is 8.61 Å². The van der Waals surface area contributed by atoms with Crippen LogP contribution in [-0.4, -0.2) is 33.2 Å². The third-order valence-electron chi connectivity index (χ3n) is 2.19. The summed E-state index contributed by atoms with van der Waals surface area (Å²) in [5, 5.41) is 0. The Hall–Kier alpha value is -1.20. The predicted octanol–water partition coefficient (Wildman–Crippen LogP) is 1.53. The van der Waals surface area contributed by atoms with E-state index in [1.807, 2.05) is 24.3 Å². The van der Waals surface area contributed by atoms with Crippen molar-refractivity contribution in [3.63, 3.8) is 0 Å². The quantitative estimate of drug-likeness (QED) is 0.567. The fourth-order valence-corrected chi connectivity index (χ4v) is 1.97. The lowest BCUT2D eigenvalue weighted by molar-refractivity contribution is -0.417. The molecule has 1 rings (SSSR count). The molecule has 0 N–H and O–H groups in total. The molecule has 0 amide bonds. The summed E-state index contributed by atoms with van der Waals surface area (Å²) >= 11 is 0. The van der Waals surface area contributed by atoms with Gasteiger partial charge in [-0.05, 0) is 37.6 Å². The summed E-state index contributed by atoms with van der Waals surface area (Å²) < 4.78 is 32.4. The van der Waals surface area contributed by atoms with Gasteiger partial charge in [-0.1, -0.05) is 0 Å². The molecule has 1 aliphatic carbocycles. The Labute approximate surface area is 102 Å². The van der Waals surface area contributed by atoms with Crippen molar-refractivity contribution in [2.24, 2.45) is 0 Å². The van der Waals surface area contributed by atoms with Gasteiger partial charge >= 0.3 is 5.78 Å². The molecule has 0 radical (unpaired) electrons. The first-order chi connectivity index (χ1) is 7.96. The summed E-state index contributed by atoms with van der Waals surface area (Å²) in [6.45, 7) is 3.24. The van der Waals surface area contributed by atoms with Crippen LogP contribution in [0.4, 0.5) is 0 Å². The van der Waals surface area contributed by atoms with E-state index in [0.29, 0.717) is 0 Å². The van der Waals surface area contributed by atoms with Crippen molar-refractivity contribution in [1.82, 2.24) is 0 Å². The van der Waals surface area contributed by atoms with Crippen molar-refractivity contribution < 1.29 is 17.0 Å². The van der Waals surface area contributed by atoms with Gasteiger partial charge in [0.25, 0.3) is 17.2 Å². The van der Waals surface area contributed by atoms with E-state index < -0.39 is 16.2 Å². The molecule has 1 atom stereocenters. The van der Waals surface area contributed by atoms with Crippen LogP contribution in [0.5, 0.6) is 0 Å². The Balaban J connectivity index is 2.69. The van der Waals surface area contributed by atoms with Crippen LogP contribution in [0.3, 0.4) is 0 Å². The molecule has 17 heavy (non-hydrogen) atoms. The maximum atomic E-state index is 11.2. The summed E-state index contributed by atoms with van der Waals surface area (Å²) in [7, 11) is -1.81. The summed E-state index contributed by atoms with van der Waals surface area (Å²) in [5.41, 5.74) is 0.893. The second-order valence-corrected chi connectivity index (χ2v) is 5.47. The highest BCUT2D eigenvalue weighted by Crippen LogP contribution is 2.10. The van der Waals surface area contributed by atoms with Crippen molar-refractivity contribution in [2.75, 3.05) is 12.9 Å². The Kier molecular flexibility index (Phi) is 4.84. The fourth-order valence-electron chi connectivity index (χ4n) is 1.31. The van der Waals surface area contributed by atoms with E-state index in [1.165, 1.54) is 0 Å². The molecule has 4 nitrogen and oxygen atoms in total. The zero-order valence-corrected chi connectivity index (χ0v) is 11.0. The standard InChI is InChI=1S/C12H17O4S/c1-4-17(13,14)16-10(2)9-11-5-7-12(15-3)8-6-11/h5-10H,4H2,1-3H3/q+1/t10-/m1/s1. The lowest BCUT2D eigenvalue weighted by Crippen LogP contribution is -2.15. The van der Waals surface area contributed by atoms with Crippen molar-refractivity contribution in [3.05, 3.63) is 36.0 Å². The number of hydrogen-bond acceptors (Lipinski definition) is 3. The van der Waals surface area contributed by atoms with Crippen molar-refractivity contribution in [1.29, 1.82) is 0 Å². The smallest absolute Gasteiger partial charge is 0.263 e. The number of ketones is 1. The van der Waals surface area contributed by atoms with E-state index in [2.05, 4.69) is 0 Å². The highest BCUT2D eigenvalue weighted by atomic mass is 32.2. The largest absolute Gasteiger partial charge is 0.343 e. The van der Waals surface area contributed by atoms with Crippen molar-refractivity contribution >= 4 is 15.9 Å². The molecule has 5 heteroatoms. The second kappa shape index (κ2) is 5.93. The van der Waals surface area contributed by atoms with Crippen LogP contribution in [-0.2, 0) is 18.7 Å². The topological polar surface area (TPSA) is 54.7 Å². The SMILES string of the molecule is CCS(=O)(=O)O[C@H](C)C=C1C=CC(=[O+]C)C=C1. The van der Waals surface area contributed by atoms with Crippen LogP contribution in [0.15, 0.2) is 36.0 Å². The molecule has 0 bridgehead atoms. The Morgan fingerprint density at radius 2 is 1.94 bits per heavy atom. The van der Waals surface area contributed by atoms with Gasteiger partial charge in [-0.15, -0.1) is 0 Å². The van der Waals surface area contributed by atoms with Gasteiger partial charge in [0.05, 0.1) is 11.9 Å². The molecular weight excluding hydrogens is 240 g/mol. The Bertz CT molecular complexity index is 463. The molecule has 0 saturated heterocycles. The van der Waals surface area contributed by atoms with Gasteiger partial charge in [0.15, 0.2) is 0 Å². The van der Waals surface area contributed by atoms with Crippen LogP contribution in [0.25, 0.3) is 0 Å². The van der Waals surface area contributed by atoms with Crippen LogP contribution in [0.1, 0.15) is 13.8 Å². The molecule has 0 saturated carbocycles. The van der Waals surface area contributed by atoms with Gasteiger partial charge in [0.2, 0.25) is 0 Å². The average Bonchev–Trinajstić information content (AvgIpc) is 2.29. The number of allylic oxidation sites excluding steroid dienone is 5. The van der Waals surface area contributed by atoms with Crippen LogP contribution in [0.2, 0.25) is 0 Å². The van der Waals surface area contributed by atoms with E-state index in [-0.39, 0.29) is 5.75 Å². The predicted molar refractivity (Wildman–Crippen MR) is 67.3 cm³/mol. The summed E-state index contributed by atoms with van der Waals surface area (Å²) in [6, 6.07) is 0. The van der Waals surface area contributed by atoms with E-state index in [1.54, 1.807) is 27.0 Å². The van der Waals surface area contributed by atoms with Gasteiger partial charge in [0, 0.05) is 12.2 Å². The lowest BCUT2D eigenvalue weighted by Gasteiger charge is -2.09. The monoisotopic (exact) mass is 257 g/mol. The summed E-state index contributed by atoms with van der Waals surface area (Å²) in [4.78, 5) is 0. The number of hydrogen-bond donors (Lipinski definition) is 0. The van der Waals surface area contributed by atoms with Gasteiger partial charge in [-0.2, -0.15) is 8.42 Å². The van der Waals surface area contributed by atoms with E-state index in [9.17, 15) is 8.42 Å². The molecule has 0 unspecified atom stereocenters. The van der Waals surface area contributed by atoms with Gasteiger partial charge < -0.3 is 0 Å². The van der Waals surface area contributed by atoms with Crippen molar-refractivity contribution in [2.45, 2.75) is 20.0 Å². The minimum atomic E-state index is -3.41. The summed E-state index contributed by atoms with van der Waals surface area (Å²) in [6.07, 6.45) is 8.58. The highest BCUT2D eigenvalue weighted by Gasteiger charge is 2.13. The maximum Gasteiger partial charge on any atom is 0.343 e. The average molecular weight is 257 g/mol. The maximum absolute atomic E-state index is 11.2. The zero-order chi connectivity index (χ0) is 12.9. The first-order valence-electron chi connectivity index (χ1n) is 5.36. The third-order valence-corrected chi connectivity index (χ3v) is 3.50.